The van der Waals surface area contributed by atoms with Gasteiger partial charge in [0.2, 0.25) is 0 Å². The molecule has 3 nitrogen and oxygen atoms in total. The van der Waals surface area contributed by atoms with Crippen LogP contribution in [0.2, 0.25) is 0 Å². The highest BCUT2D eigenvalue weighted by molar-refractivity contribution is 5.94. The number of likely N-dealkylation sites (tertiary alicyclic amines) is 1. The average molecular weight is 265 g/mol. The molecule has 0 spiro atoms. The number of halogens is 1. The van der Waals surface area contributed by atoms with Gasteiger partial charge in [0.15, 0.2) is 0 Å². The third-order valence-corrected chi connectivity index (χ3v) is 3.90. The molecule has 2 unspecified atom stereocenters. The van der Waals surface area contributed by atoms with Crippen LogP contribution in [0.15, 0.2) is 18.2 Å². The molecule has 1 amide bonds. The number of hydrogen-bond donors (Lipinski definition) is 1. The highest BCUT2D eigenvalue weighted by atomic mass is 19.1. The molecule has 1 aliphatic rings. The molecule has 1 fully saturated rings. The summed E-state index contributed by atoms with van der Waals surface area (Å²) in [5.41, 5.74) is 0.999. The number of aliphatic hydroxyl groups excluding tert-OH is 1. The van der Waals surface area contributed by atoms with E-state index in [1.165, 1.54) is 12.1 Å². The van der Waals surface area contributed by atoms with Crippen molar-refractivity contribution in [1.29, 1.82) is 0 Å². The van der Waals surface area contributed by atoms with Gasteiger partial charge in [-0.3, -0.25) is 4.79 Å². The van der Waals surface area contributed by atoms with E-state index in [9.17, 15) is 14.3 Å². The van der Waals surface area contributed by atoms with Crippen LogP contribution in [0, 0.1) is 18.7 Å². The van der Waals surface area contributed by atoms with E-state index >= 15 is 0 Å². The van der Waals surface area contributed by atoms with Gasteiger partial charge >= 0.3 is 0 Å². The molecule has 1 aromatic carbocycles. The molecular weight excluding hydrogens is 245 g/mol. The van der Waals surface area contributed by atoms with E-state index in [4.69, 9.17) is 0 Å². The summed E-state index contributed by atoms with van der Waals surface area (Å²) < 4.78 is 13.2. The van der Waals surface area contributed by atoms with Crippen LogP contribution in [0.4, 0.5) is 4.39 Å². The van der Waals surface area contributed by atoms with Gasteiger partial charge in [-0.05, 0) is 56.4 Å². The van der Waals surface area contributed by atoms with Gasteiger partial charge < -0.3 is 10.0 Å². The number of rotatable bonds is 2. The zero-order chi connectivity index (χ0) is 14.0. The van der Waals surface area contributed by atoms with E-state index in [2.05, 4.69) is 0 Å². The molecule has 104 valence electrons. The van der Waals surface area contributed by atoms with Crippen LogP contribution in [-0.2, 0) is 0 Å². The molecule has 1 saturated heterocycles. The Balaban J connectivity index is 2.19. The number of nitrogens with zero attached hydrogens (tertiary/aromatic N) is 1. The lowest BCUT2D eigenvalue weighted by atomic mass is 9.93. The van der Waals surface area contributed by atoms with E-state index in [1.54, 1.807) is 17.9 Å². The fraction of sp³-hybridized carbons (Fsp3) is 0.533. The third-order valence-electron chi connectivity index (χ3n) is 3.90. The number of benzene rings is 1. The number of carbonyl (C=O) groups is 1. The molecule has 0 aliphatic carbocycles. The second kappa shape index (κ2) is 5.70. The second-order valence-corrected chi connectivity index (χ2v) is 5.40. The summed E-state index contributed by atoms with van der Waals surface area (Å²) in [4.78, 5) is 14.2. The van der Waals surface area contributed by atoms with Crippen molar-refractivity contribution in [1.82, 2.24) is 4.90 Å². The van der Waals surface area contributed by atoms with E-state index in [1.807, 2.05) is 6.92 Å². The quantitative estimate of drug-likeness (QED) is 0.891. The lowest BCUT2D eigenvalue weighted by Crippen LogP contribution is -2.46. The Morgan fingerprint density at radius 3 is 2.84 bits per heavy atom. The van der Waals surface area contributed by atoms with Crippen molar-refractivity contribution < 1.29 is 14.3 Å². The second-order valence-electron chi connectivity index (χ2n) is 5.40. The lowest BCUT2D eigenvalue weighted by Gasteiger charge is -2.37. The maximum Gasteiger partial charge on any atom is 0.254 e. The zero-order valence-electron chi connectivity index (χ0n) is 11.4. The smallest absolute Gasteiger partial charge is 0.254 e. The third kappa shape index (κ3) is 2.95. The van der Waals surface area contributed by atoms with Gasteiger partial charge in [0.1, 0.15) is 5.82 Å². The Hall–Kier alpha value is -1.42. The standard InChI is InChI=1S/C15H20FNO2/c1-10-7-13(5-6-14(10)16)15(19)17-8-12(9-18)4-3-11(17)2/h5-7,11-12,18H,3-4,8-9H2,1-2H3. The number of carbonyl (C=O) groups excluding carboxylic acids is 1. The molecule has 1 aromatic rings. The number of aliphatic hydroxyl groups is 1. The summed E-state index contributed by atoms with van der Waals surface area (Å²) in [5, 5.41) is 9.24. The van der Waals surface area contributed by atoms with Crippen LogP contribution >= 0.6 is 0 Å². The monoisotopic (exact) mass is 265 g/mol. The van der Waals surface area contributed by atoms with Crippen LogP contribution in [0.1, 0.15) is 35.7 Å². The molecule has 4 heteroatoms. The Labute approximate surface area is 113 Å². The van der Waals surface area contributed by atoms with Crippen LogP contribution in [-0.4, -0.2) is 35.1 Å². The molecule has 1 N–H and O–H groups in total. The summed E-state index contributed by atoms with van der Waals surface area (Å²) in [6, 6.07) is 4.62. The Morgan fingerprint density at radius 1 is 1.47 bits per heavy atom. The molecule has 19 heavy (non-hydrogen) atoms. The van der Waals surface area contributed by atoms with Gasteiger partial charge in [-0.1, -0.05) is 0 Å². The van der Waals surface area contributed by atoms with E-state index in [-0.39, 0.29) is 30.3 Å². The number of piperidine rings is 1. The summed E-state index contributed by atoms with van der Waals surface area (Å²) in [5.74, 6) is -0.216. The Kier molecular flexibility index (Phi) is 4.20. The molecule has 0 saturated carbocycles. The maximum absolute atomic E-state index is 13.2. The van der Waals surface area contributed by atoms with Gasteiger partial charge in [-0.15, -0.1) is 0 Å². The molecule has 1 aliphatic heterocycles. The van der Waals surface area contributed by atoms with Crippen molar-refractivity contribution in [2.45, 2.75) is 32.7 Å². The van der Waals surface area contributed by atoms with Crippen LogP contribution in [0.25, 0.3) is 0 Å². The minimum Gasteiger partial charge on any atom is -0.396 e. The highest BCUT2D eigenvalue weighted by Gasteiger charge is 2.29. The van der Waals surface area contributed by atoms with Gasteiger partial charge in [-0.25, -0.2) is 4.39 Å². The normalized spacial score (nSPS) is 23.5. The molecule has 0 bridgehead atoms. The van der Waals surface area contributed by atoms with Gasteiger partial charge in [0.25, 0.3) is 5.91 Å². The number of hydrogen-bond acceptors (Lipinski definition) is 2. The largest absolute Gasteiger partial charge is 0.396 e. The molecular formula is C15H20FNO2. The van der Waals surface area contributed by atoms with E-state index in [0.717, 1.165) is 12.8 Å². The average Bonchev–Trinajstić information content (AvgIpc) is 2.41. The van der Waals surface area contributed by atoms with Crippen LogP contribution in [0.5, 0.6) is 0 Å². The molecule has 2 atom stereocenters. The van der Waals surface area contributed by atoms with Gasteiger partial charge in [0.05, 0.1) is 0 Å². The Morgan fingerprint density at radius 2 is 2.21 bits per heavy atom. The van der Waals surface area contributed by atoms with Crippen molar-refractivity contribution in [2.24, 2.45) is 5.92 Å². The number of aryl methyl sites for hydroxylation is 1. The predicted octanol–water partition coefficient (Wildman–Crippen LogP) is 2.37. The summed E-state index contributed by atoms with van der Waals surface area (Å²) in [6.07, 6.45) is 1.85. The van der Waals surface area contributed by atoms with Gasteiger partial charge in [-0.2, -0.15) is 0 Å². The van der Waals surface area contributed by atoms with E-state index in [0.29, 0.717) is 17.7 Å². The molecule has 2 rings (SSSR count). The van der Waals surface area contributed by atoms with Crippen LogP contribution in [0.3, 0.4) is 0 Å². The Bertz CT molecular complexity index is 475. The minimum atomic E-state index is -0.295. The first kappa shape index (κ1) is 14.0. The molecule has 0 aromatic heterocycles. The van der Waals surface area contributed by atoms with Crippen LogP contribution < -0.4 is 0 Å². The van der Waals surface area contributed by atoms with Crippen molar-refractivity contribution in [3.63, 3.8) is 0 Å². The maximum atomic E-state index is 13.2. The minimum absolute atomic E-state index is 0.0752. The van der Waals surface area contributed by atoms with Crippen molar-refractivity contribution >= 4 is 5.91 Å². The van der Waals surface area contributed by atoms with Crippen molar-refractivity contribution in [3.05, 3.63) is 35.1 Å². The summed E-state index contributed by atoms with van der Waals surface area (Å²) in [6.45, 7) is 4.36. The predicted molar refractivity (Wildman–Crippen MR) is 71.4 cm³/mol. The fourth-order valence-corrected chi connectivity index (χ4v) is 2.56. The zero-order valence-corrected chi connectivity index (χ0v) is 11.4. The first-order valence-electron chi connectivity index (χ1n) is 6.71. The summed E-state index contributed by atoms with van der Waals surface area (Å²) in [7, 11) is 0. The van der Waals surface area contributed by atoms with Crippen molar-refractivity contribution in [2.75, 3.05) is 13.2 Å². The van der Waals surface area contributed by atoms with E-state index < -0.39 is 0 Å². The van der Waals surface area contributed by atoms with Gasteiger partial charge in [0, 0.05) is 24.8 Å². The first-order valence-corrected chi connectivity index (χ1v) is 6.71. The topological polar surface area (TPSA) is 40.5 Å². The highest BCUT2D eigenvalue weighted by Crippen LogP contribution is 2.24. The number of amides is 1. The SMILES string of the molecule is Cc1cc(C(=O)N2CC(CO)CCC2C)ccc1F. The first-order chi connectivity index (χ1) is 9.02. The van der Waals surface area contributed by atoms with Crippen molar-refractivity contribution in [3.8, 4) is 0 Å². The molecule has 0 radical (unpaired) electrons. The summed E-state index contributed by atoms with van der Waals surface area (Å²) >= 11 is 0. The molecule has 1 heterocycles. The lowest BCUT2D eigenvalue weighted by molar-refractivity contribution is 0.0489. The fourth-order valence-electron chi connectivity index (χ4n) is 2.56.